The third-order valence-corrected chi connectivity index (χ3v) is 4.44. The van der Waals surface area contributed by atoms with Crippen LogP contribution in [0.1, 0.15) is 75.4 Å². The van der Waals surface area contributed by atoms with E-state index in [4.69, 9.17) is 10.7 Å². The lowest BCUT2D eigenvalue weighted by atomic mass is 9.89. The molecule has 0 atom stereocenters. The fourth-order valence-electron chi connectivity index (χ4n) is 3.29. The standard InChI is InChI=1S/C13H22N4/c14-13(8-4-5-9-13)12-15-11(16-17-12)10-6-2-1-3-7-10/h10H,1-9,14H2,(H,15,16,17). The van der Waals surface area contributed by atoms with E-state index >= 15 is 0 Å². The molecule has 17 heavy (non-hydrogen) atoms. The van der Waals surface area contributed by atoms with Gasteiger partial charge in [0.2, 0.25) is 0 Å². The van der Waals surface area contributed by atoms with Gasteiger partial charge in [0.25, 0.3) is 0 Å². The maximum Gasteiger partial charge on any atom is 0.170 e. The SMILES string of the molecule is NC1(c2n[nH]c(C3CCCCC3)n2)CCCC1. The Kier molecular flexibility index (Phi) is 2.90. The lowest BCUT2D eigenvalue weighted by Crippen LogP contribution is -2.34. The van der Waals surface area contributed by atoms with Gasteiger partial charge in [-0.05, 0) is 25.7 Å². The molecule has 2 aliphatic carbocycles. The molecular weight excluding hydrogens is 212 g/mol. The van der Waals surface area contributed by atoms with Crippen molar-refractivity contribution in [2.75, 3.05) is 0 Å². The number of nitrogens with two attached hydrogens (primary N) is 1. The number of aromatic amines is 1. The molecule has 0 radical (unpaired) electrons. The van der Waals surface area contributed by atoms with Gasteiger partial charge in [-0.3, -0.25) is 5.10 Å². The van der Waals surface area contributed by atoms with Gasteiger partial charge in [0.1, 0.15) is 5.82 Å². The van der Waals surface area contributed by atoms with Crippen LogP contribution in [0.4, 0.5) is 0 Å². The number of hydrogen-bond acceptors (Lipinski definition) is 3. The molecule has 4 nitrogen and oxygen atoms in total. The maximum absolute atomic E-state index is 6.38. The molecule has 1 heterocycles. The van der Waals surface area contributed by atoms with Gasteiger partial charge in [0.15, 0.2) is 5.82 Å². The highest BCUT2D eigenvalue weighted by Gasteiger charge is 2.35. The summed E-state index contributed by atoms with van der Waals surface area (Å²) in [6.45, 7) is 0. The van der Waals surface area contributed by atoms with Gasteiger partial charge in [-0.1, -0.05) is 32.1 Å². The molecule has 0 aliphatic heterocycles. The van der Waals surface area contributed by atoms with Crippen LogP contribution in [-0.4, -0.2) is 15.2 Å². The van der Waals surface area contributed by atoms with Crippen molar-refractivity contribution < 1.29 is 0 Å². The van der Waals surface area contributed by atoms with E-state index in [1.807, 2.05) is 0 Å². The van der Waals surface area contributed by atoms with Gasteiger partial charge in [-0.25, -0.2) is 4.98 Å². The van der Waals surface area contributed by atoms with Crippen molar-refractivity contribution in [1.29, 1.82) is 0 Å². The molecule has 94 valence electrons. The van der Waals surface area contributed by atoms with Crippen molar-refractivity contribution in [3.05, 3.63) is 11.6 Å². The van der Waals surface area contributed by atoms with E-state index in [2.05, 4.69) is 10.2 Å². The molecule has 0 amide bonds. The topological polar surface area (TPSA) is 67.6 Å². The molecule has 1 aromatic heterocycles. The quantitative estimate of drug-likeness (QED) is 0.826. The molecule has 3 rings (SSSR count). The zero-order valence-corrected chi connectivity index (χ0v) is 10.4. The van der Waals surface area contributed by atoms with Gasteiger partial charge >= 0.3 is 0 Å². The Morgan fingerprint density at radius 1 is 1.06 bits per heavy atom. The zero-order valence-electron chi connectivity index (χ0n) is 10.4. The van der Waals surface area contributed by atoms with Gasteiger partial charge in [-0.2, -0.15) is 5.10 Å². The molecular formula is C13H22N4. The highest BCUT2D eigenvalue weighted by atomic mass is 15.2. The monoisotopic (exact) mass is 234 g/mol. The lowest BCUT2D eigenvalue weighted by Gasteiger charge is -2.20. The Balaban J connectivity index is 1.77. The molecule has 0 aromatic carbocycles. The van der Waals surface area contributed by atoms with Crippen molar-refractivity contribution >= 4 is 0 Å². The normalized spacial score (nSPS) is 25.2. The third-order valence-electron chi connectivity index (χ3n) is 4.44. The summed E-state index contributed by atoms with van der Waals surface area (Å²) in [5.74, 6) is 2.53. The first kappa shape index (κ1) is 11.2. The summed E-state index contributed by atoms with van der Waals surface area (Å²) in [7, 11) is 0. The number of nitrogens with one attached hydrogen (secondary N) is 1. The minimum absolute atomic E-state index is 0.247. The van der Waals surface area contributed by atoms with Crippen molar-refractivity contribution in [2.45, 2.75) is 69.2 Å². The second kappa shape index (κ2) is 4.41. The average molecular weight is 234 g/mol. The van der Waals surface area contributed by atoms with Crippen LogP contribution >= 0.6 is 0 Å². The Labute approximate surface area is 102 Å². The van der Waals surface area contributed by atoms with Crippen LogP contribution in [0.3, 0.4) is 0 Å². The number of hydrogen-bond donors (Lipinski definition) is 2. The lowest BCUT2D eigenvalue weighted by molar-refractivity contribution is 0.421. The van der Waals surface area contributed by atoms with Crippen LogP contribution in [0.2, 0.25) is 0 Å². The minimum atomic E-state index is -0.247. The third kappa shape index (κ3) is 2.10. The second-order valence-corrected chi connectivity index (χ2v) is 5.74. The van der Waals surface area contributed by atoms with Crippen molar-refractivity contribution in [3.8, 4) is 0 Å². The fraction of sp³-hybridized carbons (Fsp3) is 0.846. The van der Waals surface area contributed by atoms with E-state index < -0.39 is 0 Å². The summed E-state index contributed by atoms with van der Waals surface area (Å²) in [6.07, 6.45) is 11.0. The van der Waals surface area contributed by atoms with Crippen LogP contribution < -0.4 is 5.73 Å². The fourth-order valence-corrected chi connectivity index (χ4v) is 3.29. The van der Waals surface area contributed by atoms with Gasteiger partial charge < -0.3 is 5.73 Å². The molecule has 0 bridgehead atoms. The van der Waals surface area contributed by atoms with Crippen LogP contribution in [0.25, 0.3) is 0 Å². The Bertz CT molecular complexity index is 373. The van der Waals surface area contributed by atoms with Gasteiger partial charge in [0.05, 0.1) is 5.54 Å². The van der Waals surface area contributed by atoms with E-state index in [1.165, 1.54) is 44.9 Å². The molecule has 0 spiro atoms. The van der Waals surface area contributed by atoms with Crippen LogP contribution in [0.15, 0.2) is 0 Å². The Morgan fingerprint density at radius 3 is 2.47 bits per heavy atom. The summed E-state index contributed by atoms with van der Waals surface area (Å²) < 4.78 is 0. The molecule has 3 N–H and O–H groups in total. The summed E-state index contributed by atoms with van der Waals surface area (Å²) in [5, 5.41) is 7.52. The van der Waals surface area contributed by atoms with Gasteiger partial charge in [-0.15, -0.1) is 0 Å². The zero-order chi connectivity index (χ0) is 11.7. The molecule has 1 aromatic rings. The van der Waals surface area contributed by atoms with E-state index in [1.54, 1.807) is 0 Å². The predicted octanol–water partition coefficient (Wildman–Crippen LogP) is 2.58. The van der Waals surface area contributed by atoms with Crippen LogP contribution in [0.5, 0.6) is 0 Å². The molecule has 2 fully saturated rings. The second-order valence-electron chi connectivity index (χ2n) is 5.74. The number of aromatic nitrogens is 3. The molecule has 0 saturated heterocycles. The summed E-state index contributed by atoms with van der Waals surface area (Å²) >= 11 is 0. The van der Waals surface area contributed by atoms with Crippen molar-refractivity contribution in [1.82, 2.24) is 15.2 Å². The molecule has 2 aliphatic rings. The number of rotatable bonds is 2. The maximum atomic E-state index is 6.38. The average Bonchev–Trinajstić information content (AvgIpc) is 2.99. The Morgan fingerprint density at radius 2 is 1.76 bits per heavy atom. The van der Waals surface area contributed by atoms with Gasteiger partial charge in [0, 0.05) is 5.92 Å². The molecule has 4 heteroatoms. The van der Waals surface area contributed by atoms with E-state index in [-0.39, 0.29) is 5.54 Å². The summed E-state index contributed by atoms with van der Waals surface area (Å²) in [6, 6.07) is 0. The highest BCUT2D eigenvalue weighted by molar-refractivity contribution is 5.09. The summed E-state index contributed by atoms with van der Waals surface area (Å²) in [5.41, 5.74) is 6.13. The molecule has 0 unspecified atom stereocenters. The number of H-pyrrole nitrogens is 1. The van der Waals surface area contributed by atoms with E-state index in [9.17, 15) is 0 Å². The number of nitrogens with zero attached hydrogens (tertiary/aromatic N) is 2. The Hall–Kier alpha value is -0.900. The predicted molar refractivity (Wildman–Crippen MR) is 66.5 cm³/mol. The molecule has 2 saturated carbocycles. The van der Waals surface area contributed by atoms with Crippen LogP contribution in [-0.2, 0) is 5.54 Å². The smallest absolute Gasteiger partial charge is 0.170 e. The van der Waals surface area contributed by atoms with E-state index in [0.29, 0.717) is 5.92 Å². The van der Waals surface area contributed by atoms with E-state index in [0.717, 1.165) is 24.5 Å². The first-order valence-corrected chi connectivity index (χ1v) is 7.00. The van der Waals surface area contributed by atoms with Crippen LogP contribution in [0, 0.1) is 0 Å². The summed E-state index contributed by atoms with van der Waals surface area (Å²) in [4.78, 5) is 4.70. The highest BCUT2D eigenvalue weighted by Crippen LogP contribution is 2.36. The van der Waals surface area contributed by atoms with Crippen molar-refractivity contribution in [3.63, 3.8) is 0 Å². The minimum Gasteiger partial charge on any atom is -0.319 e. The van der Waals surface area contributed by atoms with Crippen molar-refractivity contribution in [2.24, 2.45) is 5.73 Å². The first-order chi connectivity index (χ1) is 8.28. The first-order valence-electron chi connectivity index (χ1n) is 7.00. The largest absolute Gasteiger partial charge is 0.319 e.